The van der Waals surface area contributed by atoms with Crippen molar-refractivity contribution in [2.75, 3.05) is 23.7 Å². The number of nitrogens with zero attached hydrogens (tertiary/aromatic N) is 1. The van der Waals surface area contributed by atoms with Gasteiger partial charge in [-0.1, -0.05) is 13.8 Å². The van der Waals surface area contributed by atoms with E-state index in [0.717, 1.165) is 25.9 Å². The van der Waals surface area contributed by atoms with E-state index in [4.69, 9.17) is 11.5 Å². The summed E-state index contributed by atoms with van der Waals surface area (Å²) in [7, 11) is 0. The van der Waals surface area contributed by atoms with E-state index in [1.54, 1.807) is 0 Å². The van der Waals surface area contributed by atoms with Gasteiger partial charge in [0.2, 0.25) is 0 Å². The molecule has 0 aromatic carbocycles. The van der Waals surface area contributed by atoms with E-state index in [1.165, 1.54) is 34.7 Å². The molecule has 19 heavy (non-hydrogen) atoms. The monoisotopic (exact) mass is 281 g/mol. The lowest BCUT2D eigenvalue weighted by Crippen LogP contribution is -2.24. The zero-order valence-electron chi connectivity index (χ0n) is 11.7. The number of nitrogens with two attached hydrogens (primary N) is 2. The first-order valence-corrected chi connectivity index (χ1v) is 7.88. The number of hydrogen-bond donors (Lipinski definition) is 2. The molecule has 0 radical (unpaired) electrons. The lowest BCUT2D eigenvalue weighted by molar-refractivity contribution is 0.100. The smallest absolute Gasteiger partial charge is 0.260 e. The summed E-state index contributed by atoms with van der Waals surface area (Å²) in [6.07, 6.45) is 4.54. The van der Waals surface area contributed by atoms with Crippen molar-refractivity contribution in [1.29, 1.82) is 0 Å². The molecule has 1 aliphatic rings. The van der Waals surface area contributed by atoms with E-state index in [-0.39, 0.29) is 0 Å². The molecule has 0 aliphatic heterocycles. The molecule has 1 aromatic heterocycles. The van der Waals surface area contributed by atoms with Crippen molar-refractivity contribution in [3.8, 4) is 0 Å². The molecule has 0 spiro atoms. The van der Waals surface area contributed by atoms with Gasteiger partial charge in [0.05, 0.1) is 10.7 Å². The van der Waals surface area contributed by atoms with Crippen LogP contribution in [0.2, 0.25) is 0 Å². The maximum atomic E-state index is 11.5. The molecule has 0 saturated heterocycles. The van der Waals surface area contributed by atoms with Crippen LogP contribution in [0.5, 0.6) is 0 Å². The van der Waals surface area contributed by atoms with Crippen LogP contribution in [-0.4, -0.2) is 19.0 Å². The lowest BCUT2D eigenvalue weighted by Gasteiger charge is -2.23. The molecule has 0 atom stereocenters. The van der Waals surface area contributed by atoms with Gasteiger partial charge in [-0.15, -0.1) is 11.3 Å². The molecule has 4 N–H and O–H groups in total. The van der Waals surface area contributed by atoms with Crippen molar-refractivity contribution < 1.29 is 4.79 Å². The molecule has 0 bridgehead atoms. The number of carbonyl (C=O) groups is 1. The number of carbonyl (C=O) groups excluding carboxylic acids is 1. The Kier molecular flexibility index (Phi) is 4.34. The van der Waals surface area contributed by atoms with Crippen LogP contribution in [0, 0.1) is 0 Å². The van der Waals surface area contributed by atoms with E-state index in [0.29, 0.717) is 16.5 Å². The van der Waals surface area contributed by atoms with Crippen molar-refractivity contribution in [3.05, 3.63) is 10.4 Å². The molecule has 1 saturated carbocycles. The van der Waals surface area contributed by atoms with Crippen molar-refractivity contribution in [3.63, 3.8) is 0 Å². The molecule has 2 rings (SSSR count). The molecular weight excluding hydrogens is 258 g/mol. The van der Waals surface area contributed by atoms with Gasteiger partial charge < -0.3 is 16.4 Å². The van der Waals surface area contributed by atoms with Crippen LogP contribution in [0.4, 0.5) is 10.7 Å². The fourth-order valence-corrected chi connectivity index (χ4v) is 3.70. The predicted octanol–water partition coefficient (Wildman–Crippen LogP) is 2.93. The van der Waals surface area contributed by atoms with E-state index in [9.17, 15) is 4.79 Å². The number of thiophene rings is 1. The minimum absolute atomic E-state index is 0.399. The molecule has 1 amide bonds. The highest BCUT2D eigenvalue weighted by Gasteiger charge is 2.33. The van der Waals surface area contributed by atoms with Gasteiger partial charge in [0, 0.05) is 18.7 Å². The van der Waals surface area contributed by atoms with Crippen LogP contribution >= 0.6 is 11.3 Å². The zero-order valence-corrected chi connectivity index (χ0v) is 12.6. The highest BCUT2D eigenvalue weighted by Crippen LogP contribution is 2.51. The molecule has 0 unspecified atom stereocenters. The first-order chi connectivity index (χ1) is 9.10. The summed E-state index contributed by atoms with van der Waals surface area (Å²) in [5.41, 5.74) is 13.4. The quantitative estimate of drug-likeness (QED) is 0.807. The number of hydrogen-bond acceptors (Lipinski definition) is 4. The van der Waals surface area contributed by atoms with Gasteiger partial charge in [0.15, 0.2) is 0 Å². The van der Waals surface area contributed by atoms with Crippen LogP contribution in [0.15, 0.2) is 0 Å². The Morgan fingerprint density at radius 1 is 1.32 bits per heavy atom. The van der Waals surface area contributed by atoms with Gasteiger partial charge in [0.1, 0.15) is 4.88 Å². The van der Waals surface area contributed by atoms with Crippen molar-refractivity contribution in [2.45, 2.75) is 45.4 Å². The van der Waals surface area contributed by atoms with Crippen LogP contribution in [0.1, 0.15) is 60.7 Å². The maximum Gasteiger partial charge on any atom is 0.260 e. The Balaban J connectivity index is 2.41. The van der Waals surface area contributed by atoms with Gasteiger partial charge in [0.25, 0.3) is 5.91 Å². The molecule has 5 heteroatoms. The minimum atomic E-state index is -0.399. The molecule has 1 aliphatic carbocycles. The fourth-order valence-electron chi connectivity index (χ4n) is 2.48. The third kappa shape index (κ3) is 2.86. The fraction of sp³-hybridized carbons (Fsp3) is 0.643. The highest BCUT2D eigenvalue weighted by molar-refractivity contribution is 7.18. The second-order valence-corrected chi connectivity index (χ2v) is 6.19. The molecule has 4 nitrogen and oxygen atoms in total. The Morgan fingerprint density at radius 3 is 2.32 bits per heavy atom. The molecular formula is C14H23N3OS. The lowest BCUT2D eigenvalue weighted by atomic mass is 10.1. The summed E-state index contributed by atoms with van der Waals surface area (Å²) < 4.78 is 0. The Morgan fingerprint density at radius 2 is 1.89 bits per heavy atom. The number of primary amides is 1. The predicted molar refractivity (Wildman–Crippen MR) is 82.0 cm³/mol. The van der Waals surface area contributed by atoms with Crippen molar-refractivity contribution >= 4 is 27.9 Å². The van der Waals surface area contributed by atoms with E-state index in [2.05, 4.69) is 18.7 Å². The van der Waals surface area contributed by atoms with Crippen molar-refractivity contribution in [1.82, 2.24) is 0 Å². The third-order valence-corrected chi connectivity index (χ3v) is 4.74. The van der Waals surface area contributed by atoms with Gasteiger partial charge in [-0.2, -0.15) is 0 Å². The number of rotatable bonds is 7. The highest BCUT2D eigenvalue weighted by atomic mass is 32.1. The van der Waals surface area contributed by atoms with Gasteiger partial charge in [-0.3, -0.25) is 4.79 Å². The number of amides is 1. The standard InChI is InChI=1S/C14H23N3OS/c1-3-7-17(8-4-2)14-10(9-5-6-9)11(15)12(19-14)13(16)18/h9H,3-8,15H2,1-2H3,(H2,16,18). The summed E-state index contributed by atoms with van der Waals surface area (Å²) in [5.74, 6) is 0.138. The van der Waals surface area contributed by atoms with Crippen molar-refractivity contribution in [2.24, 2.45) is 5.73 Å². The number of nitrogen functional groups attached to an aromatic ring is 1. The first-order valence-electron chi connectivity index (χ1n) is 7.07. The Labute approximate surface area is 118 Å². The topological polar surface area (TPSA) is 72.3 Å². The molecule has 106 valence electrons. The van der Waals surface area contributed by atoms with Crippen LogP contribution in [0.25, 0.3) is 0 Å². The summed E-state index contributed by atoms with van der Waals surface area (Å²) in [5, 5.41) is 1.18. The second kappa shape index (κ2) is 5.82. The zero-order chi connectivity index (χ0) is 14.0. The third-order valence-electron chi connectivity index (χ3n) is 3.45. The van der Waals surface area contributed by atoms with E-state index in [1.807, 2.05) is 0 Å². The normalized spacial score (nSPS) is 14.6. The van der Waals surface area contributed by atoms with Crippen LogP contribution in [0.3, 0.4) is 0 Å². The van der Waals surface area contributed by atoms with Gasteiger partial charge >= 0.3 is 0 Å². The van der Waals surface area contributed by atoms with E-state index >= 15 is 0 Å². The Hall–Kier alpha value is -1.23. The minimum Gasteiger partial charge on any atom is -0.397 e. The average Bonchev–Trinajstić information content (AvgIpc) is 3.12. The SMILES string of the molecule is CCCN(CCC)c1sc(C(N)=O)c(N)c1C1CC1. The largest absolute Gasteiger partial charge is 0.397 e. The van der Waals surface area contributed by atoms with Gasteiger partial charge in [-0.05, 0) is 31.6 Å². The van der Waals surface area contributed by atoms with Crippen LogP contribution < -0.4 is 16.4 Å². The van der Waals surface area contributed by atoms with Crippen LogP contribution in [-0.2, 0) is 0 Å². The maximum absolute atomic E-state index is 11.5. The van der Waals surface area contributed by atoms with E-state index < -0.39 is 5.91 Å². The summed E-state index contributed by atoms with van der Waals surface area (Å²) in [4.78, 5) is 14.4. The summed E-state index contributed by atoms with van der Waals surface area (Å²) in [6.45, 7) is 6.36. The molecule has 1 heterocycles. The average molecular weight is 281 g/mol. The molecule has 1 fully saturated rings. The summed E-state index contributed by atoms with van der Waals surface area (Å²) >= 11 is 1.48. The first kappa shape index (κ1) is 14.2. The molecule has 1 aromatic rings. The Bertz CT molecular complexity index is 460. The van der Waals surface area contributed by atoms with Gasteiger partial charge in [-0.25, -0.2) is 0 Å². The second-order valence-electron chi connectivity index (χ2n) is 5.19. The number of anilines is 2. The summed E-state index contributed by atoms with van der Waals surface area (Å²) in [6, 6.07) is 0.